The number of carbonyl (C=O) groups excluding carboxylic acids is 1. The van der Waals surface area contributed by atoms with Gasteiger partial charge >= 0.3 is 0 Å². The van der Waals surface area contributed by atoms with Gasteiger partial charge in [-0.3, -0.25) is 9.10 Å². The molecular formula is C23H28N8O4S. The van der Waals surface area contributed by atoms with E-state index in [1.54, 1.807) is 29.0 Å². The third-order valence-electron chi connectivity index (χ3n) is 6.52. The minimum atomic E-state index is -3.34. The van der Waals surface area contributed by atoms with Crippen molar-refractivity contribution < 1.29 is 17.9 Å². The lowest BCUT2D eigenvalue weighted by Gasteiger charge is -2.34. The Bertz CT molecular complexity index is 1450. The van der Waals surface area contributed by atoms with Gasteiger partial charge in [0.05, 0.1) is 24.7 Å². The number of anilines is 2. The number of nitrogens with zero attached hydrogens (tertiary/aromatic N) is 6. The number of sulfonamides is 1. The molecule has 12 nitrogen and oxygen atoms in total. The van der Waals surface area contributed by atoms with E-state index in [-0.39, 0.29) is 11.9 Å². The first-order valence-electron chi connectivity index (χ1n) is 11.6. The summed E-state index contributed by atoms with van der Waals surface area (Å²) in [6.45, 7) is 1.74. The molecule has 3 aromatic heterocycles. The molecule has 0 saturated carbocycles. The van der Waals surface area contributed by atoms with Gasteiger partial charge in [-0.1, -0.05) is 0 Å². The van der Waals surface area contributed by atoms with Gasteiger partial charge in [0.15, 0.2) is 5.82 Å². The van der Waals surface area contributed by atoms with Crippen LogP contribution < -0.4 is 20.7 Å². The summed E-state index contributed by atoms with van der Waals surface area (Å²) < 4.78 is 32.2. The first-order chi connectivity index (χ1) is 17.2. The number of amides is 1. The number of carbonyl (C=O) groups is 1. The number of piperidine rings is 1. The molecule has 3 aromatic rings. The van der Waals surface area contributed by atoms with Crippen LogP contribution in [0.4, 0.5) is 11.5 Å². The highest BCUT2D eigenvalue weighted by atomic mass is 32.2. The lowest BCUT2D eigenvalue weighted by Crippen LogP contribution is -2.47. The Hall–Kier alpha value is -3.87. The SMILES string of the molecule is COc1cc(C(=O)N[C@@H]2CCCN(c3cc(C4=CN(S(C)(=O)=O)CC4)n4ncnc(N)c34)C2)ccn1. The fraction of sp³-hybridized carbons (Fsp3) is 0.391. The van der Waals surface area contributed by atoms with E-state index in [9.17, 15) is 13.2 Å². The number of nitrogens with one attached hydrogen (secondary N) is 1. The van der Waals surface area contributed by atoms with Gasteiger partial charge in [-0.15, -0.1) is 0 Å². The monoisotopic (exact) mass is 512 g/mol. The van der Waals surface area contributed by atoms with Gasteiger partial charge in [0.2, 0.25) is 15.9 Å². The summed E-state index contributed by atoms with van der Waals surface area (Å²) in [5.41, 5.74) is 9.91. The summed E-state index contributed by atoms with van der Waals surface area (Å²) in [6, 6.07) is 5.16. The molecule has 5 rings (SSSR count). The van der Waals surface area contributed by atoms with Crippen molar-refractivity contribution >= 4 is 38.5 Å². The lowest BCUT2D eigenvalue weighted by atomic mass is 10.0. The third-order valence-corrected chi connectivity index (χ3v) is 7.66. The van der Waals surface area contributed by atoms with Crippen molar-refractivity contribution in [2.75, 3.05) is 43.6 Å². The number of nitrogen functional groups attached to an aromatic ring is 1. The highest BCUT2D eigenvalue weighted by Crippen LogP contribution is 2.36. The summed E-state index contributed by atoms with van der Waals surface area (Å²) in [5.74, 6) is 0.525. The number of hydrogen-bond donors (Lipinski definition) is 2. The van der Waals surface area contributed by atoms with Crippen molar-refractivity contribution in [3.63, 3.8) is 0 Å². The minimum Gasteiger partial charge on any atom is -0.481 e. The zero-order chi connectivity index (χ0) is 25.4. The topological polar surface area (TPSA) is 148 Å². The molecule has 36 heavy (non-hydrogen) atoms. The number of fused-ring (bicyclic) bond motifs is 1. The Kier molecular flexibility index (Phi) is 6.16. The maximum absolute atomic E-state index is 12.9. The molecule has 1 amide bonds. The molecule has 190 valence electrons. The van der Waals surface area contributed by atoms with Crippen LogP contribution >= 0.6 is 0 Å². The summed E-state index contributed by atoms with van der Waals surface area (Å²) in [7, 11) is -1.83. The van der Waals surface area contributed by atoms with Crippen LogP contribution in [-0.4, -0.2) is 77.3 Å². The van der Waals surface area contributed by atoms with Gasteiger partial charge in [0.25, 0.3) is 5.91 Å². The average Bonchev–Trinajstić information content (AvgIpc) is 3.50. The van der Waals surface area contributed by atoms with Crippen LogP contribution in [0.3, 0.4) is 0 Å². The predicted octanol–water partition coefficient (Wildman–Crippen LogP) is 1.12. The van der Waals surface area contributed by atoms with Crippen LogP contribution in [0.5, 0.6) is 5.88 Å². The molecule has 0 unspecified atom stereocenters. The van der Waals surface area contributed by atoms with Gasteiger partial charge in [0, 0.05) is 49.7 Å². The number of nitrogens with two attached hydrogens (primary N) is 1. The zero-order valence-electron chi connectivity index (χ0n) is 20.1. The highest BCUT2D eigenvalue weighted by molar-refractivity contribution is 7.88. The first kappa shape index (κ1) is 23.9. The van der Waals surface area contributed by atoms with E-state index < -0.39 is 10.0 Å². The molecule has 2 aliphatic rings. The van der Waals surface area contributed by atoms with Crippen LogP contribution in [0.2, 0.25) is 0 Å². The van der Waals surface area contributed by atoms with Gasteiger partial charge < -0.3 is 20.7 Å². The number of methoxy groups -OCH3 is 1. The molecule has 2 aliphatic heterocycles. The van der Waals surface area contributed by atoms with Crippen LogP contribution in [0.1, 0.15) is 35.3 Å². The smallest absolute Gasteiger partial charge is 0.251 e. The van der Waals surface area contributed by atoms with Gasteiger partial charge in [0.1, 0.15) is 11.8 Å². The highest BCUT2D eigenvalue weighted by Gasteiger charge is 2.29. The van der Waals surface area contributed by atoms with E-state index in [1.807, 2.05) is 6.07 Å². The normalized spacial score (nSPS) is 18.4. The standard InChI is InChI=1S/C23H28N8O4S/c1-35-20-10-15(5-7-25-20)23(32)28-17-4-3-8-29(13-17)19-11-18(31-21(19)22(24)26-14-27-31)16-6-9-30(12-16)36(2,33)34/h5,7,10-12,14,17H,3-4,6,8-9,13H2,1-2H3,(H,28,32)(H2,24,26,27)/t17-/m1/s1. The first-order valence-corrected chi connectivity index (χ1v) is 13.5. The van der Waals surface area contributed by atoms with E-state index in [0.717, 1.165) is 36.3 Å². The Morgan fingerprint density at radius 1 is 1.25 bits per heavy atom. The van der Waals surface area contributed by atoms with E-state index >= 15 is 0 Å². The van der Waals surface area contributed by atoms with Crippen LogP contribution in [-0.2, 0) is 10.0 Å². The number of aromatic nitrogens is 4. The maximum atomic E-state index is 12.9. The summed E-state index contributed by atoms with van der Waals surface area (Å²) in [6.07, 6.45) is 8.05. The Morgan fingerprint density at radius 2 is 2.08 bits per heavy atom. The molecule has 1 saturated heterocycles. The number of hydrogen-bond acceptors (Lipinski definition) is 9. The van der Waals surface area contributed by atoms with E-state index in [2.05, 4.69) is 25.3 Å². The predicted molar refractivity (Wildman–Crippen MR) is 135 cm³/mol. The molecule has 0 aliphatic carbocycles. The van der Waals surface area contributed by atoms with Crippen molar-refractivity contribution in [2.45, 2.75) is 25.3 Å². The summed E-state index contributed by atoms with van der Waals surface area (Å²) >= 11 is 0. The largest absolute Gasteiger partial charge is 0.481 e. The molecule has 0 radical (unpaired) electrons. The van der Waals surface area contributed by atoms with Crippen LogP contribution in [0.25, 0.3) is 11.1 Å². The fourth-order valence-corrected chi connectivity index (χ4v) is 5.49. The van der Waals surface area contributed by atoms with E-state index in [4.69, 9.17) is 10.5 Å². The second-order valence-corrected chi connectivity index (χ2v) is 10.9. The molecule has 0 bridgehead atoms. The van der Waals surface area contributed by atoms with Crippen molar-refractivity contribution in [3.05, 3.63) is 48.2 Å². The van der Waals surface area contributed by atoms with Crippen molar-refractivity contribution in [1.29, 1.82) is 0 Å². The minimum absolute atomic E-state index is 0.0823. The molecule has 1 atom stereocenters. The van der Waals surface area contributed by atoms with Gasteiger partial charge in [-0.05, 0) is 37.0 Å². The molecule has 5 heterocycles. The average molecular weight is 513 g/mol. The number of ether oxygens (including phenoxy) is 1. The number of rotatable bonds is 6. The summed E-state index contributed by atoms with van der Waals surface area (Å²) in [4.78, 5) is 23.3. The van der Waals surface area contributed by atoms with E-state index in [1.165, 1.54) is 24.0 Å². The van der Waals surface area contributed by atoms with Crippen LogP contribution in [0.15, 0.2) is 36.9 Å². The second-order valence-electron chi connectivity index (χ2n) is 8.94. The zero-order valence-corrected chi connectivity index (χ0v) is 20.9. The number of pyridine rings is 1. The maximum Gasteiger partial charge on any atom is 0.251 e. The Labute approximate surface area is 208 Å². The molecule has 1 fully saturated rings. The van der Waals surface area contributed by atoms with Crippen molar-refractivity contribution in [1.82, 2.24) is 29.2 Å². The third kappa shape index (κ3) is 4.53. The quantitative estimate of drug-likeness (QED) is 0.496. The molecule has 0 aromatic carbocycles. The Balaban J connectivity index is 1.43. The Morgan fingerprint density at radius 3 is 2.83 bits per heavy atom. The fourth-order valence-electron chi connectivity index (χ4n) is 4.75. The molecule has 0 spiro atoms. The van der Waals surface area contributed by atoms with E-state index in [0.29, 0.717) is 42.3 Å². The lowest BCUT2D eigenvalue weighted by molar-refractivity contribution is 0.0932. The van der Waals surface area contributed by atoms with Gasteiger partial charge in [-0.2, -0.15) is 5.10 Å². The molecular weight excluding hydrogens is 484 g/mol. The van der Waals surface area contributed by atoms with Crippen molar-refractivity contribution in [3.8, 4) is 5.88 Å². The van der Waals surface area contributed by atoms with Crippen molar-refractivity contribution in [2.24, 2.45) is 0 Å². The molecule has 3 N–H and O–H groups in total. The van der Waals surface area contributed by atoms with Gasteiger partial charge in [-0.25, -0.2) is 22.9 Å². The second kappa shape index (κ2) is 9.30. The molecule has 13 heteroatoms. The summed E-state index contributed by atoms with van der Waals surface area (Å²) in [5, 5.41) is 7.53. The van der Waals surface area contributed by atoms with Crippen LogP contribution in [0, 0.1) is 0 Å².